The number of nitrogens with zero attached hydrogens (tertiary/aromatic N) is 3. The molecule has 2 aromatic heterocycles. The zero-order chi connectivity index (χ0) is 20.4. The first-order valence-electron chi connectivity index (χ1n) is 9.42. The minimum Gasteiger partial charge on any atom is -0.350 e. The first-order valence-corrected chi connectivity index (χ1v) is 9.42. The van der Waals surface area contributed by atoms with Crippen LogP contribution in [-0.4, -0.2) is 20.5 Å². The van der Waals surface area contributed by atoms with E-state index in [0.717, 1.165) is 16.5 Å². The molecular formula is C23H20N4O2. The number of ketones is 1. The summed E-state index contributed by atoms with van der Waals surface area (Å²) in [6.45, 7) is 3.69. The molecule has 0 amide bonds. The molecule has 0 saturated heterocycles. The highest BCUT2D eigenvalue weighted by Gasteiger charge is 2.22. The Bertz CT molecular complexity index is 1260. The van der Waals surface area contributed by atoms with Crippen molar-refractivity contribution < 1.29 is 4.79 Å². The van der Waals surface area contributed by atoms with Crippen molar-refractivity contribution in [2.45, 2.75) is 20.4 Å². The van der Waals surface area contributed by atoms with E-state index >= 15 is 0 Å². The molecule has 29 heavy (non-hydrogen) atoms. The first-order chi connectivity index (χ1) is 14.1. The van der Waals surface area contributed by atoms with Crippen LogP contribution < -0.4 is 10.9 Å². The van der Waals surface area contributed by atoms with Crippen molar-refractivity contribution in [2.75, 3.05) is 5.32 Å². The molecule has 4 rings (SSSR count). The number of fused-ring (bicyclic) bond motifs is 1. The van der Waals surface area contributed by atoms with Crippen LogP contribution in [0.1, 0.15) is 24.2 Å². The lowest BCUT2D eigenvalue weighted by molar-refractivity contribution is 0.101. The molecule has 0 fully saturated rings. The number of hydrogen-bond acceptors (Lipinski definition) is 5. The van der Waals surface area contributed by atoms with Gasteiger partial charge in [0.25, 0.3) is 5.56 Å². The van der Waals surface area contributed by atoms with E-state index in [1.807, 2.05) is 61.5 Å². The number of para-hydroxylation sites is 1. The summed E-state index contributed by atoms with van der Waals surface area (Å²) < 4.78 is 1.38. The van der Waals surface area contributed by atoms with Crippen molar-refractivity contribution in [3.05, 3.63) is 82.8 Å². The lowest BCUT2D eigenvalue weighted by Gasteiger charge is -2.17. The third kappa shape index (κ3) is 3.40. The van der Waals surface area contributed by atoms with Crippen molar-refractivity contribution in [3.63, 3.8) is 0 Å². The molecule has 0 radical (unpaired) electrons. The summed E-state index contributed by atoms with van der Waals surface area (Å²) in [5.74, 6) is -0.224. The average molecular weight is 384 g/mol. The molecule has 1 N–H and O–H groups in total. The van der Waals surface area contributed by atoms with Crippen LogP contribution in [0.4, 0.5) is 11.4 Å². The van der Waals surface area contributed by atoms with Gasteiger partial charge in [0.15, 0.2) is 5.78 Å². The summed E-state index contributed by atoms with van der Waals surface area (Å²) in [7, 11) is 0. The van der Waals surface area contributed by atoms with E-state index in [0.29, 0.717) is 17.9 Å². The summed E-state index contributed by atoms with van der Waals surface area (Å²) in [4.78, 5) is 30.1. The van der Waals surface area contributed by atoms with Gasteiger partial charge in [-0.1, -0.05) is 48.5 Å². The number of anilines is 2. The summed E-state index contributed by atoms with van der Waals surface area (Å²) in [6, 6.07) is 18.9. The fraction of sp³-hybridized carbons (Fsp3) is 0.130. The van der Waals surface area contributed by atoms with E-state index in [-0.39, 0.29) is 22.6 Å². The quantitative estimate of drug-likeness (QED) is 0.515. The Morgan fingerprint density at radius 2 is 1.76 bits per heavy atom. The van der Waals surface area contributed by atoms with Gasteiger partial charge in [-0.15, -0.1) is 0 Å². The van der Waals surface area contributed by atoms with E-state index in [9.17, 15) is 9.59 Å². The maximum atomic E-state index is 13.1. The Morgan fingerprint density at radius 1 is 1.03 bits per heavy atom. The minimum atomic E-state index is -0.335. The third-order valence-corrected chi connectivity index (χ3v) is 4.76. The Balaban J connectivity index is 1.99. The molecule has 0 aliphatic rings. The molecule has 0 atom stereocenters. The molecule has 0 aliphatic heterocycles. The highest BCUT2D eigenvalue weighted by molar-refractivity contribution is 6.06. The van der Waals surface area contributed by atoms with Crippen LogP contribution in [0.3, 0.4) is 0 Å². The number of pyridine rings is 1. The van der Waals surface area contributed by atoms with Gasteiger partial charge < -0.3 is 5.32 Å². The lowest BCUT2D eigenvalue weighted by atomic mass is 10.0. The Morgan fingerprint density at radius 3 is 2.48 bits per heavy atom. The fourth-order valence-corrected chi connectivity index (χ4v) is 3.38. The Labute approximate surface area is 167 Å². The third-order valence-electron chi connectivity index (χ3n) is 4.76. The number of hydrogen-bond donors (Lipinski definition) is 1. The first kappa shape index (κ1) is 18.6. The van der Waals surface area contributed by atoms with Crippen LogP contribution in [0.2, 0.25) is 0 Å². The molecule has 0 saturated carbocycles. The van der Waals surface area contributed by atoms with Crippen LogP contribution in [0.25, 0.3) is 22.2 Å². The number of benzene rings is 2. The number of Topliss-reactive ketones (excluding diaryl/α,β-unsaturated/α-hetero) is 1. The van der Waals surface area contributed by atoms with Gasteiger partial charge in [0.05, 0.1) is 11.1 Å². The van der Waals surface area contributed by atoms with Crippen molar-refractivity contribution in [3.8, 4) is 11.3 Å². The molecule has 2 heterocycles. The van der Waals surface area contributed by atoms with Crippen molar-refractivity contribution in [2.24, 2.45) is 0 Å². The van der Waals surface area contributed by atoms with Crippen molar-refractivity contribution in [1.82, 2.24) is 14.8 Å². The molecule has 2 aromatic carbocycles. The number of rotatable bonds is 5. The SMILES string of the molecule is CCn1nc(-c2ccccc2)c(C(C)=O)c(Nc2ccnc3ccccc23)c1=O. The molecule has 6 heteroatoms. The maximum absolute atomic E-state index is 13.1. The highest BCUT2D eigenvalue weighted by atomic mass is 16.1. The van der Waals surface area contributed by atoms with Crippen LogP contribution >= 0.6 is 0 Å². The van der Waals surface area contributed by atoms with Crippen LogP contribution in [0, 0.1) is 0 Å². The fourth-order valence-electron chi connectivity index (χ4n) is 3.38. The monoisotopic (exact) mass is 384 g/mol. The number of aromatic nitrogens is 3. The molecule has 6 nitrogen and oxygen atoms in total. The second-order valence-electron chi connectivity index (χ2n) is 6.64. The normalized spacial score (nSPS) is 10.8. The van der Waals surface area contributed by atoms with Crippen LogP contribution in [-0.2, 0) is 6.54 Å². The van der Waals surface area contributed by atoms with E-state index in [1.54, 1.807) is 12.3 Å². The van der Waals surface area contributed by atoms with Gasteiger partial charge in [-0.3, -0.25) is 14.6 Å². The van der Waals surface area contributed by atoms with Gasteiger partial charge in [0.2, 0.25) is 0 Å². The van der Waals surface area contributed by atoms with Gasteiger partial charge in [-0.2, -0.15) is 5.10 Å². The van der Waals surface area contributed by atoms with Gasteiger partial charge in [-0.05, 0) is 26.0 Å². The predicted octanol–water partition coefficient (Wildman–Crippen LogP) is 4.42. The standard InChI is InChI=1S/C23H20N4O2/c1-3-27-23(29)22(25-19-13-14-24-18-12-8-7-11-17(18)19)20(15(2)28)21(26-27)16-9-5-4-6-10-16/h4-14H,3H2,1-2H3,(H,24,25). The zero-order valence-corrected chi connectivity index (χ0v) is 16.2. The molecule has 0 spiro atoms. The van der Waals surface area contributed by atoms with E-state index in [2.05, 4.69) is 15.4 Å². The van der Waals surface area contributed by atoms with Crippen molar-refractivity contribution >= 4 is 28.1 Å². The number of carbonyl (C=O) groups is 1. The number of carbonyl (C=O) groups excluding carboxylic acids is 1. The van der Waals surface area contributed by atoms with E-state index in [1.165, 1.54) is 11.6 Å². The second kappa shape index (κ2) is 7.67. The van der Waals surface area contributed by atoms with Gasteiger partial charge in [-0.25, -0.2) is 4.68 Å². The lowest BCUT2D eigenvalue weighted by Crippen LogP contribution is -2.28. The predicted molar refractivity (Wildman–Crippen MR) is 115 cm³/mol. The Hall–Kier alpha value is -3.80. The number of nitrogens with one attached hydrogen (secondary N) is 1. The second-order valence-corrected chi connectivity index (χ2v) is 6.64. The largest absolute Gasteiger partial charge is 0.350 e. The van der Waals surface area contributed by atoms with E-state index in [4.69, 9.17) is 0 Å². The smallest absolute Gasteiger partial charge is 0.291 e. The van der Waals surface area contributed by atoms with Crippen LogP contribution in [0.5, 0.6) is 0 Å². The zero-order valence-electron chi connectivity index (χ0n) is 16.2. The maximum Gasteiger partial charge on any atom is 0.291 e. The van der Waals surface area contributed by atoms with Crippen molar-refractivity contribution in [1.29, 1.82) is 0 Å². The van der Waals surface area contributed by atoms with Gasteiger partial charge in [0.1, 0.15) is 11.4 Å². The summed E-state index contributed by atoms with van der Waals surface area (Å²) in [5, 5.41) is 8.56. The molecule has 0 bridgehead atoms. The minimum absolute atomic E-state index is 0.224. The summed E-state index contributed by atoms with van der Waals surface area (Å²) in [6.07, 6.45) is 1.68. The van der Waals surface area contributed by atoms with E-state index < -0.39 is 0 Å². The summed E-state index contributed by atoms with van der Waals surface area (Å²) >= 11 is 0. The number of aryl methyl sites for hydroxylation is 1. The molecule has 0 unspecified atom stereocenters. The molecular weight excluding hydrogens is 364 g/mol. The Kier molecular flexibility index (Phi) is 4.91. The van der Waals surface area contributed by atoms with Gasteiger partial charge in [0, 0.05) is 29.4 Å². The molecule has 0 aliphatic carbocycles. The van der Waals surface area contributed by atoms with Crippen LogP contribution in [0.15, 0.2) is 71.7 Å². The molecule has 144 valence electrons. The topological polar surface area (TPSA) is 76.9 Å². The highest BCUT2D eigenvalue weighted by Crippen LogP contribution is 2.29. The summed E-state index contributed by atoms with van der Waals surface area (Å²) in [5.41, 5.74) is 2.95. The average Bonchev–Trinajstić information content (AvgIpc) is 2.75. The molecule has 4 aromatic rings. The van der Waals surface area contributed by atoms with Gasteiger partial charge >= 0.3 is 0 Å².